The molecule has 0 aliphatic carbocycles. The van der Waals surface area contributed by atoms with Gasteiger partial charge in [-0.15, -0.1) is 0 Å². The Balaban J connectivity index is 1.98. The van der Waals surface area contributed by atoms with Gasteiger partial charge in [-0.3, -0.25) is 4.79 Å². The number of rotatable bonds is 4. The van der Waals surface area contributed by atoms with Gasteiger partial charge in [0.05, 0.1) is 6.42 Å². The normalized spacial score (nSPS) is 22.6. The quantitative estimate of drug-likeness (QED) is 0.885. The summed E-state index contributed by atoms with van der Waals surface area (Å²) in [5.41, 5.74) is 0.810. The summed E-state index contributed by atoms with van der Waals surface area (Å²) in [6.45, 7) is 1.31. The first-order chi connectivity index (χ1) is 9.51. The van der Waals surface area contributed by atoms with Crippen molar-refractivity contribution in [2.45, 2.75) is 12.5 Å². The minimum absolute atomic E-state index is 0.0272. The maximum Gasteiger partial charge on any atom is 0.227 e. The molecule has 1 heterocycles. The lowest BCUT2D eigenvalue weighted by Crippen LogP contribution is -2.37. The number of halogens is 1. The molecule has 2 rings (SSSR count). The molecule has 1 fully saturated rings. The van der Waals surface area contributed by atoms with E-state index in [1.807, 2.05) is 19.0 Å². The number of hydrogen-bond acceptors (Lipinski definition) is 3. The lowest BCUT2D eigenvalue weighted by Gasteiger charge is -2.23. The van der Waals surface area contributed by atoms with Crippen LogP contribution in [0.15, 0.2) is 24.3 Å². The first-order valence-corrected chi connectivity index (χ1v) is 6.80. The van der Waals surface area contributed by atoms with Crippen molar-refractivity contribution in [3.05, 3.63) is 35.6 Å². The van der Waals surface area contributed by atoms with E-state index in [2.05, 4.69) is 0 Å². The van der Waals surface area contributed by atoms with E-state index >= 15 is 0 Å². The molecule has 0 aromatic heterocycles. The van der Waals surface area contributed by atoms with E-state index in [0.29, 0.717) is 13.1 Å². The van der Waals surface area contributed by atoms with Gasteiger partial charge in [-0.1, -0.05) is 12.1 Å². The second kappa shape index (κ2) is 6.33. The summed E-state index contributed by atoms with van der Waals surface area (Å²) in [5.74, 6) is -0.169. The number of nitrogens with zero attached hydrogens (tertiary/aromatic N) is 2. The second-order valence-corrected chi connectivity index (χ2v) is 5.58. The predicted octanol–water partition coefficient (Wildman–Crippen LogP) is 0.749. The highest BCUT2D eigenvalue weighted by molar-refractivity contribution is 5.79. The highest BCUT2D eigenvalue weighted by Gasteiger charge is 2.35. The van der Waals surface area contributed by atoms with Crippen LogP contribution in [-0.4, -0.2) is 60.6 Å². The second-order valence-electron chi connectivity index (χ2n) is 5.58. The van der Waals surface area contributed by atoms with Gasteiger partial charge < -0.3 is 14.9 Å². The molecule has 110 valence electrons. The van der Waals surface area contributed by atoms with E-state index in [4.69, 9.17) is 0 Å². The maximum absolute atomic E-state index is 12.8. The number of likely N-dealkylation sites (tertiary alicyclic amines) is 1. The summed E-state index contributed by atoms with van der Waals surface area (Å²) in [5, 5.41) is 9.40. The fourth-order valence-electron chi connectivity index (χ4n) is 2.71. The molecular formula is C15H21FN2O2. The van der Waals surface area contributed by atoms with Gasteiger partial charge in [0.1, 0.15) is 5.82 Å². The number of amides is 1. The molecule has 5 heteroatoms. The van der Waals surface area contributed by atoms with Crippen LogP contribution in [0.2, 0.25) is 0 Å². The lowest BCUT2D eigenvalue weighted by molar-refractivity contribution is -0.129. The minimum atomic E-state index is -0.296. The van der Waals surface area contributed by atoms with Crippen LogP contribution in [0.3, 0.4) is 0 Å². The Kier molecular flexibility index (Phi) is 4.73. The monoisotopic (exact) mass is 280 g/mol. The number of benzene rings is 1. The molecule has 4 nitrogen and oxygen atoms in total. The average molecular weight is 280 g/mol. The Morgan fingerprint density at radius 1 is 1.35 bits per heavy atom. The van der Waals surface area contributed by atoms with Crippen molar-refractivity contribution < 1.29 is 14.3 Å². The molecule has 1 saturated heterocycles. The smallest absolute Gasteiger partial charge is 0.227 e. The predicted molar refractivity (Wildman–Crippen MR) is 74.7 cm³/mol. The van der Waals surface area contributed by atoms with Crippen LogP contribution in [0.4, 0.5) is 4.39 Å². The SMILES string of the molecule is CN(C)[C@@H]1CN(C(=O)Cc2ccc(F)cc2)C[C@H]1CO. The van der Waals surface area contributed by atoms with Gasteiger partial charge in [-0.2, -0.15) is 0 Å². The summed E-state index contributed by atoms with van der Waals surface area (Å²) < 4.78 is 12.8. The van der Waals surface area contributed by atoms with Gasteiger partial charge in [0.25, 0.3) is 0 Å². The van der Waals surface area contributed by atoms with Gasteiger partial charge in [0, 0.05) is 31.7 Å². The van der Waals surface area contributed by atoms with Crippen LogP contribution in [0.25, 0.3) is 0 Å². The maximum atomic E-state index is 12.8. The van der Waals surface area contributed by atoms with Gasteiger partial charge in [-0.25, -0.2) is 4.39 Å². The Bertz CT molecular complexity index is 461. The molecule has 0 radical (unpaired) electrons. The van der Waals surface area contributed by atoms with Crippen LogP contribution in [0.1, 0.15) is 5.56 Å². The van der Waals surface area contributed by atoms with Crippen molar-refractivity contribution in [1.29, 1.82) is 0 Å². The Hall–Kier alpha value is -1.46. The zero-order valence-electron chi connectivity index (χ0n) is 11.9. The topological polar surface area (TPSA) is 43.8 Å². The van der Waals surface area contributed by atoms with Crippen LogP contribution >= 0.6 is 0 Å². The molecule has 1 aromatic carbocycles. The van der Waals surface area contributed by atoms with Gasteiger partial charge in [0.15, 0.2) is 0 Å². The Labute approximate surface area is 118 Å². The van der Waals surface area contributed by atoms with E-state index in [9.17, 15) is 14.3 Å². The van der Waals surface area contributed by atoms with Crippen molar-refractivity contribution in [3.63, 3.8) is 0 Å². The largest absolute Gasteiger partial charge is 0.396 e. The third kappa shape index (κ3) is 3.35. The van der Waals surface area contributed by atoms with E-state index in [-0.39, 0.29) is 36.7 Å². The highest BCUT2D eigenvalue weighted by atomic mass is 19.1. The van der Waals surface area contributed by atoms with Crippen molar-refractivity contribution >= 4 is 5.91 Å². The Morgan fingerprint density at radius 3 is 2.50 bits per heavy atom. The lowest BCUT2D eigenvalue weighted by atomic mass is 10.0. The fourth-order valence-corrected chi connectivity index (χ4v) is 2.71. The van der Waals surface area contributed by atoms with Crippen molar-refractivity contribution in [3.8, 4) is 0 Å². The molecule has 0 spiro atoms. The zero-order valence-corrected chi connectivity index (χ0v) is 11.9. The Morgan fingerprint density at radius 2 is 2.00 bits per heavy atom. The summed E-state index contributed by atoms with van der Waals surface area (Å²) in [7, 11) is 3.92. The van der Waals surface area contributed by atoms with Gasteiger partial charge in [-0.05, 0) is 31.8 Å². The highest BCUT2D eigenvalue weighted by Crippen LogP contribution is 2.21. The standard InChI is InChI=1S/C15H21FN2O2/c1-17(2)14-9-18(8-12(14)10-19)15(20)7-11-3-5-13(16)6-4-11/h3-6,12,14,19H,7-10H2,1-2H3/t12-,14+/m0/s1. The van der Waals surface area contributed by atoms with Crippen molar-refractivity contribution in [2.24, 2.45) is 5.92 Å². The first kappa shape index (κ1) is 14.9. The molecule has 1 aliphatic heterocycles. The fraction of sp³-hybridized carbons (Fsp3) is 0.533. The van der Waals surface area contributed by atoms with E-state index in [0.717, 1.165) is 5.56 Å². The molecular weight excluding hydrogens is 259 g/mol. The van der Waals surface area contributed by atoms with Crippen LogP contribution < -0.4 is 0 Å². The molecule has 2 atom stereocenters. The first-order valence-electron chi connectivity index (χ1n) is 6.80. The molecule has 20 heavy (non-hydrogen) atoms. The molecule has 0 saturated carbocycles. The zero-order chi connectivity index (χ0) is 14.7. The molecule has 1 amide bonds. The summed E-state index contributed by atoms with van der Waals surface area (Å²) >= 11 is 0. The summed E-state index contributed by atoms with van der Waals surface area (Å²) in [6.07, 6.45) is 0.276. The third-order valence-electron chi connectivity index (χ3n) is 3.93. The molecule has 1 aliphatic rings. The number of likely N-dealkylation sites (N-methyl/N-ethyl adjacent to an activating group) is 1. The minimum Gasteiger partial charge on any atom is -0.396 e. The van der Waals surface area contributed by atoms with Crippen LogP contribution in [0.5, 0.6) is 0 Å². The number of aliphatic hydroxyl groups excluding tert-OH is 1. The van der Waals surface area contributed by atoms with E-state index in [1.165, 1.54) is 12.1 Å². The molecule has 0 bridgehead atoms. The third-order valence-corrected chi connectivity index (χ3v) is 3.93. The van der Waals surface area contributed by atoms with E-state index < -0.39 is 0 Å². The number of aliphatic hydroxyl groups is 1. The van der Waals surface area contributed by atoms with Crippen molar-refractivity contribution in [1.82, 2.24) is 9.80 Å². The van der Waals surface area contributed by atoms with Crippen LogP contribution in [-0.2, 0) is 11.2 Å². The van der Waals surface area contributed by atoms with Gasteiger partial charge in [0.2, 0.25) is 5.91 Å². The summed E-state index contributed by atoms with van der Waals surface area (Å²) in [6, 6.07) is 6.20. The van der Waals surface area contributed by atoms with Crippen LogP contribution in [0, 0.1) is 11.7 Å². The summed E-state index contributed by atoms with van der Waals surface area (Å²) in [4.78, 5) is 16.1. The molecule has 1 aromatic rings. The number of hydrogen-bond donors (Lipinski definition) is 1. The van der Waals surface area contributed by atoms with Gasteiger partial charge >= 0.3 is 0 Å². The molecule has 1 N–H and O–H groups in total. The number of carbonyl (C=O) groups is 1. The van der Waals surface area contributed by atoms with Crippen molar-refractivity contribution in [2.75, 3.05) is 33.8 Å². The average Bonchev–Trinajstić information content (AvgIpc) is 2.86. The van der Waals surface area contributed by atoms with E-state index in [1.54, 1.807) is 17.0 Å². The number of carbonyl (C=O) groups excluding carboxylic acids is 1. The molecule has 0 unspecified atom stereocenters.